The summed E-state index contributed by atoms with van der Waals surface area (Å²) in [6, 6.07) is 12.5. The van der Waals surface area contributed by atoms with Crippen molar-refractivity contribution in [3.8, 4) is 0 Å². The molecule has 3 heteroatoms. The van der Waals surface area contributed by atoms with Gasteiger partial charge in [0.2, 0.25) is 0 Å². The average Bonchev–Trinajstić information content (AvgIpc) is 2.97. The van der Waals surface area contributed by atoms with Crippen molar-refractivity contribution < 1.29 is 9.15 Å². The molecule has 0 bridgehead atoms. The summed E-state index contributed by atoms with van der Waals surface area (Å²) in [6.07, 6.45) is 3.84. The standard InChI is InChI=1S/C16H19NO2/c1-2-6-15-13(4-1)8-11-19-16(15)12-17-9-7-14-5-3-10-18-14/h1-6,10,16-17H,7-9,11-12H2. The van der Waals surface area contributed by atoms with Crippen LogP contribution in [0, 0.1) is 0 Å². The SMILES string of the molecule is c1coc(CCNCC2OCCc3ccccc32)c1. The molecule has 2 aromatic rings. The summed E-state index contributed by atoms with van der Waals surface area (Å²) in [5.74, 6) is 1.03. The molecule has 0 saturated heterocycles. The Kier molecular flexibility index (Phi) is 3.96. The summed E-state index contributed by atoms with van der Waals surface area (Å²) >= 11 is 0. The van der Waals surface area contributed by atoms with E-state index in [1.807, 2.05) is 12.1 Å². The zero-order chi connectivity index (χ0) is 12.9. The second-order valence-corrected chi connectivity index (χ2v) is 4.84. The van der Waals surface area contributed by atoms with E-state index >= 15 is 0 Å². The molecular formula is C16H19NO2. The maximum Gasteiger partial charge on any atom is 0.105 e. The van der Waals surface area contributed by atoms with Gasteiger partial charge in [0, 0.05) is 19.5 Å². The maximum atomic E-state index is 5.86. The normalized spacial score (nSPS) is 18.2. The van der Waals surface area contributed by atoms with E-state index in [0.717, 1.165) is 38.3 Å². The highest BCUT2D eigenvalue weighted by atomic mass is 16.5. The number of ether oxygens (including phenoxy) is 1. The van der Waals surface area contributed by atoms with E-state index in [2.05, 4.69) is 29.6 Å². The third-order valence-corrected chi connectivity index (χ3v) is 3.55. The Hall–Kier alpha value is -1.58. The molecule has 0 spiro atoms. The fraction of sp³-hybridized carbons (Fsp3) is 0.375. The van der Waals surface area contributed by atoms with Gasteiger partial charge in [-0.15, -0.1) is 0 Å². The van der Waals surface area contributed by atoms with Crippen LogP contribution in [0.3, 0.4) is 0 Å². The molecule has 3 nitrogen and oxygen atoms in total. The van der Waals surface area contributed by atoms with Crippen molar-refractivity contribution in [1.29, 1.82) is 0 Å². The Morgan fingerprint density at radius 3 is 3.00 bits per heavy atom. The summed E-state index contributed by atoms with van der Waals surface area (Å²) < 4.78 is 11.2. The third kappa shape index (κ3) is 3.06. The Bertz CT molecular complexity index is 507. The van der Waals surface area contributed by atoms with Gasteiger partial charge in [0.05, 0.1) is 19.0 Å². The number of fused-ring (bicyclic) bond motifs is 1. The lowest BCUT2D eigenvalue weighted by Crippen LogP contribution is -2.28. The summed E-state index contributed by atoms with van der Waals surface area (Å²) in [5, 5.41) is 3.45. The first-order valence-electron chi connectivity index (χ1n) is 6.86. The monoisotopic (exact) mass is 257 g/mol. The van der Waals surface area contributed by atoms with E-state index in [4.69, 9.17) is 9.15 Å². The van der Waals surface area contributed by atoms with Crippen LogP contribution in [0.25, 0.3) is 0 Å². The third-order valence-electron chi connectivity index (χ3n) is 3.55. The molecule has 0 aliphatic carbocycles. The average molecular weight is 257 g/mol. The van der Waals surface area contributed by atoms with Crippen LogP contribution in [0.15, 0.2) is 47.1 Å². The lowest BCUT2D eigenvalue weighted by molar-refractivity contribution is 0.0427. The summed E-state index contributed by atoms with van der Waals surface area (Å²) in [5.41, 5.74) is 2.76. The van der Waals surface area contributed by atoms with Crippen molar-refractivity contribution in [1.82, 2.24) is 5.32 Å². The zero-order valence-electron chi connectivity index (χ0n) is 11.0. The first kappa shape index (κ1) is 12.5. The number of benzene rings is 1. The predicted octanol–water partition coefficient (Wildman–Crippen LogP) is 2.73. The van der Waals surface area contributed by atoms with Gasteiger partial charge >= 0.3 is 0 Å². The summed E-state index contributed by atoms with van der Waals surface area (Å²) in [7, 11) is 0. The van der Waals surface area contributed by atoms with Crippen LogP contribution in [-0.4, -0.2) is 19.7 Å². The zero-order valence-corrected chi connectivity index (χ0v) is 11.0. The molecule has 0 saturated carbocycles. The van der Waals surface area contributed by atoms with E-state index in [0.29, 0.717) is 0 Å². The Balaban J connectivity index is 1.51. The van der Waals surface area contributed by atoms with Crippen molar-refractivity contribution in [3.63, 3.8) is 0 Å². The molecule has 100 valence electrons. The number of nitrogens with one attached hydrogen (secondary N) is 1. The minimum atomic E-state index is 0.182. The van der Waals surface area contributed by atoms with Crippen molar-refractivity contribution in [2.75, 3.05) is 19.7 Å². The lowest BCUT2D eigenvalue weighted by atomic mass is 9.97. The number of hydrogen-bond donors (Lipinski definition) is 1. The van der Waals surface area contributed by atoms with E-state index in [1.54, 1.807) is 6.26 Å². The van der Waals surface area contributed by atoms with Crippen LogP contribution in [0.4, 0.5) is 0 Å². The van der Waals surface area contributed by atoms with Crippen molar-refractivity contribution in [3.05, 3.63) is 59.5 Å². The highest BCUT2D eigenvalue weighted by Crippen LogP contribution is 2.26. The number of hydrogen-bond acceptors (Lipinski definition) is 3. The first-order valence-corrected chi connectivity index (χ1v) is 6.86. The highest BCUT2D eigenvalue weighted by Gasteiger charge is 2.19. The number of furan rings is 1. The van der Waals surface area contributed by atoms with Gasteiger partial charge in [-0.3, -0.25) is 0 Å². The second-order valence-electron chi connectivity index (χ2n) is 4.84. The molecule has 0 fully saturated rings. The van der Waals surface area contributed by atoms with E-state index in [1.165, 1.54) is 11.1 Å². The Morgan fingerprint density at radius 1 is 1.16 bits per heavy atom. The van der Waals surface area contributed by atoms with Gasteiger partial charge in [0.15, 0.2) is 0 Å². The molecule has 1 aromatic carbocycles. The maximum absolute atomic E-state index is 5.86. The molecule has 19 heavy (non-hydrogen) atoms. The Morgan fingerprint density at radius 2 is 2.11 bits per heavy atom. The fourth-order valence-corrected chi connectivity index (χ4v) is 2.55. The fourth-order valence-electron chi connectivity index (χ4n) is 2.55. The van der Waals surface area contributed by atoms with Crippen LogP contribution in [0.5, 0.6) is 0 Å². The van der Waals surface area contributed by atoms with Gasteiger partial charge in [0.25, 0.3) is 0 Å². The topological polar surface area (TPSA) is 34.4 Å². The lowest BCUT2D eigenvalue weighted by Gasteiger charge is -2.26. The van der Waals surface area contributed by atoms with Crippen LogP contribution in [-0.2, 0) is 17.6 Å². The van der Waals surface area contributed by atoms with Gasteiger partial charge in [-0.05, 0) is 29.7 Å². The molecule has 2 heterocycles. The molecular weight excluding hydrogens is 238 g/mol. The number of rotatable bonds is 5. The van der Waals surface area contributed by atoms with Crippen LogP contribution in [0.1, 0.15) is 23.0 Å². The predicted molar refractivity (Wildman–Crippen MR) is 74.1 cm³/mol. The molecule has 1 aliphatic rings. The van der Waals surface area contributed by atoms with Gasteiger partial charge in [-0.1, -0.05) is 24.3 Å². The van der Waals surface area contributed by atoms with Crippen molar-refractivity contribution >= 4 is 0 Å². The van der Waals surface area contributed by atoms with Gasteiger partial charge in [0.1, 0.15) is 5.76 Å². The van der Waals surface area contributed by atoms with E-state index in [-0.39, 0.29) is 6.10 Å². The smallest absolute Gasteiger partial charge is 0.105 e. The van der Waals surface area contributed by atoms with E-state index < -0.39 is 0 Å². The largest absolute Gasteiger partial charge is 0.469 e. The van der Waals surface area contributed by atoms with Crippen LogP contribution in [0.2, 0.25) is 0 Å². The molecule has 0 amide bonds. The molecule has 0 radical (unpaired) electrons. The quantitative estimate of drug-likeness (QED) is 0.836. The molecule has 1 aromatic heterocycles. The minimum Gasteiger partial charge on any atom is -0.469 e. The van der Waals surface area contributed by atoms with Gasteiger partial charge in [-0.2, -0.15) is 0 Å². The van der Waals surface area contributed by atoms with Crippen molar-refractivity contribution in [2.45, 2.75) is 18.9 Å². The highest BCUT2D eigenvalue weighted by molar-refractivity contribution is 5.31. The summed E-state index contributed by atoms with van der Waals surface area (Å²) in [6.45, 7) is 2.59. The summed E-state index contributed by atoms with van der Waals surface area (Å²) in [4.78, 5) is 0. The molecule has 3 rings (SSSR count). The van der Waals surface area contributed by atoms with Crippen LogP contribution < -0.4 is 5.32 Å². The molecule has 1 aliphatic heterocycles. The molecule has 1 unspecified atom stereocenters. The molecule has 1 atom stereocenters. The van der Waals surface area contributed by atoms with Gasteiger partial charge in [-0.25, -0.2) is 0 Å². The van der Waals surface area contributed by atoms with Crippen molar-refractivity contribution in [2.24, 2.45) is 0 Å². The van der Waals surface area contributed by atoms with E-state index in [9.17, 15) is 0 Å². The second kappa shape index (κ2) is 6.04. The minimum absolute atomic E-state index is 0.182. The van der Waals surface area contributed by atoms with Crippen LogP contribution >= 0.6 is 0 Å². The van der Waals surface area contributed by atoms with Gasteiger partial charge < -0.3 is 14.5 Å². The Labute approximate surface area is 113 Å². The molecule has 1 N–H and O–H groups in total. The first-order chi connectivity index (χ1) is 9.43.